The summed E-state index contributed by atoms with van der Waals surface area (Å²) in [6, 6.07) is 0.294. The Morgan fingerprint density at radius 1 is 1.31 bits per heavy atom. The molecule has 0 aromatic heterocycles. The van der Waals surface area contributed by atoms with E-state index in [2.05, 4.69) is 33.8 Å². The van der Waals surface area contributed by atoms with Crippen LogP contribution in [0.5, 0.6) is 0 Å². The predicted molar refractivity (Wildman–Crippen MR) is 70.4 cm³/mol. The Labute approximate surface area is 101 Å². The van der Waals surface area contributed by atoms with Gasteiger partial charge in [-0.1, -0.05) is 32.4 Å². The predicted octanol–water partition coefficient (Wildman–Crippen LogP) is 3.63. The van der Waals surface area contributed by atoms with Crippen LogP contribution in [0, 0.1) is 5.92 Å². The fraction of sp³-hybridized carbons (Fsp3) is 0.786. The zero-order chi connectivity index (χ0) is 12.7. The number of rotatable bonds is 6. The highest BCUT2D eigenvalue weighted by Crippen LogP contribution is 2.12. The topological polar surface area (TPSA) is 20.3 Å². The molecule has 0 saturated carbocycles. The quantitative estimate of drug-likeness (QED) is 0.632. The molecule has 0 aromatic carbocycles. The molecule has 0 heterocycles. The molecule has 0 aromatic rings. The minimum absolute atomic E-state index is 0.142. The van der Waals surface area contributed by atoms with E-state index in [1.807, 2.05) is 18.9 Å². The molecule has 0 aliphatic heterocycles. The van der Waals surface area contributed by atoms with Crippen LogP contribution >= 0.6 is 0 Å². The van der Waals surface area contributed by atoms with Gasteiger partial charge in [0.25, 0.3) is 0 Å². The van der Waals surface area contributed by atoms with E-state index < -0.39 is 0 Å². The molecule has 1 unspecified atom stereocenters. The summed E-state index contributed by atoms with van der Waals surface area (Å²) in [5, 5.41) is 0. The van der Waals surface area contributed by atoms with Gasteiger partial charge in [0.2, 0.25) is 5.91 Å². The van der Waals surface area contributed by atoms with E-state index in [4.69, 9.17) is 0 Å². The molecule has 0 spiro atoms. The number of carbonyl (C=O) groups excluding carboxylic acids is 1. The first-order chi connectivity index (χ1) is 7.43. The van der Waals surface area contributed by atoms with Gasteiger partial charge in [0.05, 0.1) is 0 Å². The minimum atomic E-state index is 0.142. The third-order valence-corrected chi connectivity index (χ3v) is 3.41. The summed E-state index contributed by atoms with van der Waals surface area (Å²) >= 11 is 0. The van der Waals surface area contributed by atoms with E-state index in [1.54, 1.807) is 0 Å². The molecule has 0 rings (SSSR count). The second-order valence-electron chi connectivity index (χ2n) is 4.75. The number of hydrogen-bond acceptors (Lipinski definition) is 1. The summed E-state index contributed by atoms with van der Waals surface area (Å²) in [7, 11) is 1.91. The Bertz CT molecular complexity index is 245. The van der Waals surface area contributed by atoms with Crippen LogP contribution in [0.25, 0.3) is 0 Å². The van der Waals surface area contributed by atoms with Crippen molar-refractivity contribution in [3.63, 3.8) is 0 Å². The molecule has 2 heteroatoms. The largest absolute Gasteiger partial charge is 0.343 e. The Hall–Kier alpha value is -0.790. The van der Waals surface area contributed by atoms with E-state index in [0.29, 0.717) is 6.04 Å². The summed E-state index contributed by atoms with van der Waals surface area (Å²) in [5.74, 6) is 0.404. The molecule has 0 N–H and O–H groups in total. The summed E-state index contributed by atoms with van der Waals surface area (Å²) < 4.78 is 0. The zero-order valence-electron chi connectivity index (χ0n) is 11.7. The second kappa shape index (κ2) is 7.48. The van der Waals surface area contributed by atoms with Gasteiger partial charge >= 0.3 is 0 Å². The monoisotopic (exact) mass is 225 g/mol. The average Bonchev–Trinajstić information content (AvgIpc) is 2.32. The first-order valence-corrected chi connectivity index (χ1v) is 6.36. The van der Waals surface area contributed by atoms with Crippen LogP contribution in [0.2, 0.25) is 0 Å². The first kappa shape index (κ1) is 15.2. The molecular formula is C14H27NO. The van der Waals surface area contributed by atoms with Gasteiger partial charge in [0.15, 0.2) is 0 Å². The lowest BCUT2D eigenvalue weighted by atomic mass is 10.1. The molecule has 94 valence electrons. The van der Waals surface area contributed by atoms with Crippen LogP contribution in [0.4, 0.5) is 0 Å². The Balaban J connectivity index is 4.28. The summed E-state index contributed by atoms with van der Waals surface area (Å²) in [5.41, 5.74) is 1.40. The lowest BCUT2D eigenvalue weighted by Crippen LogP contribution is -2.38. The van der Waals surface area contributed by atoms with E-state index in [9.17, 15) is 4.79 Å². The average molecular weight is 225 g/mol. The Kier molecular flexibility index (Phi) is 7.11. The van der Waals surface area contributed by atoms with Crippen molar-refractivity contribution in [2.24, 2.45) is 5.92 Å². The molecule has 2 nitrogen and oxygen atoms in total. The van der Waals surface area contributed by atoms with E-state index in [0.717, 1.165) is 19.3 Å². The highest BCUT2D eigenvalue weighted by molar-refractivity contribution is 5.78. The lowest BCUT2D eigenvalue weighted by molar-refractivity contribution is -0.135. The molecule has 0 saturated heterocycles. The van der Waals surface area contributed by atoms with Gasteiger partial charge < -0.3 is 4.90 Å². The number of hydrogen-bond donors (Lipinski definition) is 0. The van der Waals surface area contributed by atoms with Crippen LogP contribution in [0.1, 0.15) is 53.9 Å². The fourth-order valence-corrected chi connectivity index (χ4v) is 1.41. The van der Waals surface area contributed by atoms with Crippen LogP contribution in [0.15, 0.2) is 11.6 Å². The van der Waals surface area contributed by atoms with E-state index in [1.165, 1.54) is 5.57 Å². The van der Waals surface area contributed by atoms with Crippen LogP contribution in [-0.4, -0.2) is 23.9 Å². The molecule has 0 radical (unpaired) electrons. The van der Waals surface area contributed by atoms with Crippen molar-refractivity contribution in [1.29, 1.82) is 0 Å². The second-order valence-corrected chi connectivity index (χ2v) is 4.75. The van der Waals surface area contributed by atoms with E-state index >= 15 is 0 Å². The molecule has 1 amide bonds. The third kappa shape index (κ3) is 4.82. The number of allylic oxidation sites excluding steroid dienone is 1. The van der Waals surface area contributed by atoms with Crippen LogP contribution in [0.3, 0.4) is 0 Å². The van der Waals surface area contributed by atoms with Crippen molar-refractivity contribution in [1.82, 2.24) is 4.90 Å². The highest BCUT2D eigenvalue weighted by atomic mass is 16.2. The minimum Gasteiger partial charge on any atom is -0.343 e. The van der Waals surface area contributed by atoms with Gasteiger partial charge in [-0.3, -0.25) is 4.79 Å². The van der Waals surface area contributed by atoms with Gasteiger partial charge in [0, 0.05) is 19.0 Å². The maximum atomic E-state index is 11.9. The molecule has 0 bridgehead atoms. The van der Waals surface area contributed by atoms with Crippen molar-refractivity contribution < 1.29 is 4.79 Å². The molecule has 2 atom stereocenters. The van der Waals surface area contributed by atoms with Crippen molar-refractivity contribution in [2.45, 2.75) is 59.9 Å². The maximum absolute atomic E-state index is 11.9. The van der Waals surface area contributed by atoms with Gasteiger partial charge in [-0.05, 0) is 33.1 Å². The van der Waals surface area contributed by atoms with E-state index in [-0.39, 0.29) is 11.8 Å². The fourth-order valence-electron chi connectivity index (χ4n) is 1.41. The van der Waals surface area contributed by atoms with Gasteiger partial charge in [0.1, 0.15) is 0 Å². The van der Waals surface area contributed by atoms with Crippen LogP contribution < -0.4 is 0 Å². The van der Waals surface area contributed by atoms with Crippen molar-refractivity contribution in [2.75, 3.05) is 7.05 Å². The smallest absolute Gasteiger partial charge is 0.225 e. The van der Waals surface area contributed by atoms with Gasteiger partial charge in [-0.15, -0.1) is 0 Å². The third-order valence-electron chi connectivity index (χ3n) is 3.41. The molecule has 0 aliphatic rings. The Morgan fingerprint density at radius 2 is 1.88 bits per heavy atom. The van der Waals surface area contributed by atoms with Crippen molar-refractivity contribution in [3.05, 3.63) is 11.6 Å². The summed E-state index contributed by atoms with van der Waals surface area (Å²) in [6.07, 6.45) is 5.21. The number of amides is 1. The summed E-state index contributed by atoms with van der Waals surface area (Å²) in [4.78, 5) is 13.8. The Morgan fingerprint density at radius 3 is 2.31 bits per heavy atom. The zero-order valence-corrected chi connectivity index (χ0v) is 11.7. The SMILES string of the molecule is CC/C(C)=C\CC(C)N(C)C(=O)[C@@H](C)CC. The standard InChI is InChI=1S/C14H27NO/c1-7-11(3)9-10-13(5)15(6)14(16)12(4)8-2/h9,12-13H,7-8,10H2,1-6H3/b11-9-/t12-,13?/m0/s1. The van der Waals surface area contributed by atoms with Crippen molar-refractivity contribution >= 4 is 5.91 Å². The molecule has 16 heavy (non-hydrogen) atoms. The van der Waals surface area contributed by atoms with Gasteiger partial charge in [-0.2, -0.15) is 0 Å². The van der Waals surface area contributed by atoms with Crippen LogP contribution in [-0.2, 0) is 4.79 Å². The normalized spacial score (nSPS) is 15.8. The lowest BCUT2D eigenvalue weighted by Gasteiger charge is -2.26. The van der Waals surface area contributed by atoms with Gasteiger partial charge in [-0.25, -0.2) is 0 Å². The molecular weight excluding hydrogens is 198 g/mol. The maximum Gasteiger partial charge on any atom is 0.225 e. The summed E-state index contributed by atoms with van der Waals surface area (Å²) in [6.45, 7) is 10.5. The molecule has 0 fully saturated rings. The first-order valence-electron chi connectivity index (χ1n) is 6.36. The van der Waals surface area contributed by atoms with Crippen molar-refractivity contribution in [3.8, 4) is 0 Å². The number of nitrogens with zero attached hydrogens (tertiary/aromatic N) is 1. The number of carbonyl (C=O) groups is 1. The highest BCUT2D eigenvalue weighted by Gasteiger charge is 2.19. The molecule has 0 aliphatic carbocycles.